The first-order chi connectivity index (χ1) is 9.04. The van der Waals surface area contributed by atoms with Gasteiger partial charge in [-0.25, -0.2) is 13.1 Å². The molecule has 4 nitrogen and oxygen atoms in total. The Morgan fingerprint density at radius 1 is 1.20 bits per heavy atom. The normalized spacial score (nSPS) is 20.9. The molecule has 1 fully saturated rings. The van der Waals surface area contributed by atoms with Crippen molar-refractivity contribution in [2.45, 2.75) is 52.2 Å². The van der Waals surface area contributed by atoms with Gasteiger partial charge in [-0.05, 0) is 34.9 Å². The van der Waals surface area contributed by atoms with Crippen LogP contribution in [0, 0.1) is 17.8 Å². The van der Waals surface area contributed by atoms with E-state index in [9.17, 15) is 8.42 Å². The predicted molar refractivity (Wildman–Crippen MR) is 78.8 cm³/mol. The van der Waals surface area contributed by atoms with Crippen molar-refractivity contribution in [1.29, 1.82) is 0 Å². The third-order valence-corrected chi connectivity index (χ3v) is 6.58. The number of hydrogen-bond acceptors (Lipinski definition) is 3. The maximum absolute atomic E-state index is 12.6. The van der Waals surface area contributed by atoms with Gasteiger partial charge in [0.25, 0.3) is 0 Å². The molecular formula is C15H23NO3S. The van der Waals surface area contributed by atoms with Gasteiger partial charge < -0.3 is 5.11 Å². The monoisotopic (exact) mass is 297 g/mol. The summed E-state index contributed by atoms with van der Waals surface area (Å²) in [6, 6.07) is 4.93. The highest BCUT2D eigenvalue weighted by atomic mass is 32.2. The third kappa shape index (κ3) is 2.28. The number of aryl methyl sites for hydroxylation is 1. The average molecular weight is 297 g/mol. The average Bonchev–Trinajstić information content (AvgIpc) is 2.72. The highest BCUT2D eigenvalue weighted by Gasteiger charge is 2.66. The van der Waals surface area contributed by atoms with Crippen LogP contribution in [0.4, 0.5) is 0 Å². The zero-order valence-corrected chi connectivity index (χ0v) is 13.5. The Bertz CT molecular complexity index is 619. The number of aliphatic hydroxyl groups is 1. The summed E-state index contributed by atoms with van der Waals surface area (Å²) in [6.45, 7) is 9.87. The van der Waals surface area contributed by atoms with E-state index in [1.54, 1.807) is 25.1 Å². The van der Waals surface area contributed by atoms with Gasteiger partial charge in [-0.2, -0.15) is 0 Å². The van der Waals surface area contributed by atoms with Gasteiger partial charge in [0.1, 0.15) is 0 Å². The van der Waals surface area contributed by atoms with Gasteiger partial charge in [-0.3, -0.25) is 0 Å². The molecule has 1 saturated carbocycles. The maximum atomic E-state index is 12.6. The van der Waals surface area contributed by atoms with E-state index < -0.39 is 10.0 Å². The lowest BCUT2D eigenvalue weighted by molar-refractivity contribution is 0.281. The Morgan fingerprint density at radius 2 is 1.75 bits per heavy atom. The largest absolute Gasteiger partial charge is 0.392 e. The molecule has 2 rings (SSSR count). The molecule has 0 bridgehead atoms. The SMILES string of the molecule is Cc1ccc(CO)cc1S(=O)(=O)NC1C(C)(C)C1(C)C. The van der Waals surface area contributed by atoms with E-state index in [1.807, 2.05) is 0 Å². The quantitative estimate of drug-likeness (QED) is 0.895. The molecule has 2 N–H and O–H groups in total. The fourth-order valence-electron chi connectivity index (χ4n) is 2.74. The predicted octanol–water partition coefficient (Wildman–Crippen LogP) is 2.20. The standard InChI is InChI=1S/C15H23NO3S/c1-10-6-7-11(9-17)8-12(10)20(18,19)16-13-14(2,3)15(13,4)5/h6-8,13,16-17H,9H2,1-5H3. The van der Waals surface area contributed by atoms with E-state index in [0.29, 0.717) is 11.1 Å². The highest BCUT2D eigenvalue weighted by Crippen LogP contribution is 2.62. The smallest absolute Gasteiger partial charge is 0.241 e. The molecule has 1 aliphatic carbocycles. The minimum absolute atomic E-state index is 0.0530. The molecule has 5 heteroatoms. The van der Waals surface area contributed by atoms with E-state index in [4.69, 9.17) is 5.11 Å². The number of sulfonamides is 1. The molecule has 0 spiro atoms. The van der Waals surface area contributed by atoms with Crippen molar-refractivity contribution in [3.8, 4) is 0 Å². The van der Waals surface area contributed by atoms with Crippen molar-refractivity contribution in [3.05, 3.63) is 29.3 Å². The molecular weight excluding hydrogens is 274 g/mol. The number of benzene rings is 1. The van der Waals surface area contributed by atoms with Crippen molar-refractivity contribution in [2.24, 2.45) is 10.8 Å². The molecule has 1 aromatic rings. The lowest BCUT2D eigenvalue weighted by Crippen LogP contribution is -2.30. The molecule has 0 saturated heterocycles. The van der Waals surface area contributed by atoms with Crippen LogP contribution in [0.2, 0.25) is 0 Å². The van der Waals surface area contributed by atoms with Gasteiger partial charge in [0.15, 0.2) is 0 Å². The molecule has 20 heavy (non-hydrogen) atoms. The molecule has 1 aromatic carbocycles. The number of hydrogen-bond donors (Lipinski definition) is 2. The van der Waals surface area contributed by atoms with Crippen LogP contribution in [0.5, 0.6) is 0 Å². The highest BCUT2D eigenvalue weighted by molar-refractivity contribution is 7.89. The van der Waals surface area contributed by atoms with Gasteiger partial charge >= 0.3 is 0 Å². The summed E-state index contributed by atoms with van der Waals surface area (Å²) in [5.41, 5.74) is 1.18. The van der Waals surface area contributed by atoms with Crippen molar-refractivity contribution >= 4 is 10.0 Å². The Morgan fingerprint density at radius 3 is 2.20 bits per heavy atom. The molecule has 0 amide bonds. The first-order valence-corrected chi connectivity index (χ1v) is 8.25. The fourth-order valence-corrected chi connectivity index (χ4v) is 4.57. The Kier molecular flexibility index (Phi) is 3.52. The van der Waals surface area contributed by atoms with Crippen molar-refractivity contribution in [3.63, 3.8) is 0 Å². The Balaban J connectivity index is 2.33. The summed E-state index contributed by atoms with van der Waals surface area (Å²) in [7, 11) is -3.56. The molecule has 0 aliphatic heterocycles. The second-order valence-electron chi connectivity index (χ2n) is 6.76. The van der Waals surface area contributed by atoms with E-state index in [0.717, 1.165) is 0 Å². The van der Waals surface area contributed by atoms with Crippen LogP contribution >= 0.6 is 0 Å². The molecule has 1 aliphatic rings. The second kappa shape index (κ2) is 4.55. The number of aliphatic hydroxyl groups excluding tert-OH is 1. The van der Waals surface area contributed by atoms with Crippen LogP contribution in [0.3, 0.4) is 0 Å². The molecule has 0 atom stereocenters. The van der Waals surface area contributed by atoms with Gasteiger partial charge in [0.05, 0.1) is 11.5 Å². The second-order valence-corrected chi connectivity index (χ2v) is 8.44. The van der Waals surface area contributed by atoms with Gasteiger partial charge in [0.2, 0.25) is 10.0 Å². The first kappa shape index (κ1) is 15.5. The van der Waals surface area contributed by atoms with E-state index in [-0.39, 0.29) is 28.4 Å². The lowest BCUT2D eigenvalue weighted by Gasteiger charge is -2.12. The van der Waals surface area contributed by atoms with Crippen molar-refractivity contribution in [1.82, 2.24) is 4.72 Å². The van der Waals surface area contributed by atoms with Crippen LogP contribution in [0.1, 0.15) is 38.8 Å². The summed E-state index contributed by atoms with van der Waals surface area (Å²) in [6.07, 6.45) is 0. The molecule has 0 radical (unpaired) electrons. The van der Waals surface area contributed by atoms with Gasteiger partial charge in [-0.1, -0.05) is 39.8 Å². The summed E-state index contributed by atoms with van der Waals surface area (Å²) < 4.78 is 27.9. The Labute approximate surface area is 121 Å². The van der Waals surface area contributed by atoms with Crippen LogP contribution < -0.4 is 4.72 Å². The summed E-state index contributed by atoms with van der Waals surface area (Å²) in [5.74, 6) is 0. The Hall–Kier alpha value is -0.910. The van der Waals surface area contributed by atoms with E-state index >= 15 is 0 Å². The fraction of sp³-hybridized carbons (Fsp3) is 0.600. The van der Waals surface area contributed by atoms with E-state index in [1.165, 1.54) is 0 Å². The zero-order chi connectivity index (χ0) is 15.3. The minimum atomic E-state index is -3.56. The first-order valence-electron chi connectivity index (χ1n) is 6.77. The van der Waals surface area contributed by atoms with Gasteiger partial charge in [-0.15, -0.1) is 0 Å². The summed E-state index contributed by atoms with van der Waals surface area (Å²) in [5, 5.41) is 9.16. The van der Waals surface area contributed by atoms with Crippen LogP contribution in [-0.2, 0) is 16.6 Å². The van der Waals surface area contributed by atoms with Crippen LogP contribution in [0.15, 0.2) is 23.1 Å². The number of nitrogens with one attached hydrogen (secondary N) is 1. The third-order valence-electron chi connectivity index (χ3n) is 5.02. The molecule has 0 unspecified atom stereocenters. The maximum Gasteiger partial charge on any atom is 0.241 e. The molecule has 0 heterocycles. The summed E-state index contributed by atoms with van der Waals surface area (Å²) in [4.78, 5) is 0.252. The van der Waals surface area contributed by atoms with Crippen LogP contribution in [-0.4, -0.2) is 19.6 Å². The van der Waals surface area contributed by atoms with Crippen LogP contribution in [0.25, 0.3) is 0 Å². The number of rotatable bonds is 4. The minimum Gasteiger partial charge on any atom is -0.392 e. The van der Waals surface area contributed by atoms with Crippen molar-refractivity contribution in [2.75, 3.05) is 0 Å². The zero-order valence-electron chi connectivity index (χ0n) is 12.7. The van der Waals surface area contributed by atoms with Gasteiger partial charge in [0, 0.05) is 6.04 Å². The molecule has 112 valence electrons. The summed E-state index contributed by atoms with van der Waals surface area (Å²) >= 11 is 0. The molecule has 0 aromatic heterocycles. The topological polar surface area (TPSA) is 66.4 Å². The van der Waals surface area contributed by atoms with E-state index in [2.05, 4.69) is 32.4 Å². The van der Waals surface area contributed by atoms with Crippen molar-refractivity contribution < 1.29 is 13.5 Å². The lowest BCUT2D eigenvalue weighted by atomic mass is 10.0.